The Labute approximate surface area is 200 Å². The fraction of sp³-hybridized carbons (Fsp3) is 0.174. The zero-order valence-electron chi connectivity index (χ0n) is 18.3. The SMILES string of the molecule is CCc1nc(Cl)cc2[nH]c(-c3cc4c(-c5cnc(C(F)(F)F)cc5OC)nccc4[nH]c3=O)nc12. The van der Waals surface area contributed by atoms with Crippen molar-refractivity contribution in [3.05, 3.63) is 63.6 Å². The van der Waals surface area contributed by atoms with Gasteiger partial charge < -0.3 is 14.7 Å². The molecule has 0 spiro atoms. The fourth-order valence-corrected chi connectivity index (χ4v) is 4.09. The Morgan fingerprint density at radius 1 is 1.06 bits per heavy atom. The van der Waals surface area contributed by atoms with Crippen LogP contribution in [0.1, 0.15) is 18.3 Å². The van der Waals surface area contributed by atoms with Crippen LogP contribution in [0.25, 0.3) is 44.6 Å². The van der Waals surface area contributed by atoms with E-state index in [4.69, 9.17) is 16.3 Å². The number of ether oxygens (including phenoxy) is 1. The topological polar surface area (TPSA) is 109 Å². The second kappa shape index (κ2) is 8.35. The Balaban J connectivity index is 1.73. The minimum absolute atomic E-state index is 0.0582. The normalized spacial score (nSPS) is 11.9. The molecule has 0 radical (unpaired) electrons. The number of pyridine rings is 4. The van der Waals surface area contributed by atoms with Crippen LogP contribution in [-0.2, 0) is 12.6 Å². The number of nitrogens with zero attached hydrogens (tertiary/aromatic N) is 4. The van der Waals surface area contributed by atoms with E-state index in [-0.39, 0.29) is 28.4 Å². The van der Waals surface area contributed by atoms with Gasteiger partial charge in [0.05, 0.1) is 40.7 Å². The fourth-order valence-electron chi connectivity index (χ4n) is 3.88. The van der Waals surface area contributed by atoms with Crippen molar-refractivity contribution in [1.82, 2.24) is 29.9 Å². The highest BCUT2D eigenvalue weighted by Gasteiger charge is 2.33. The van der Waals surface area contributed by atoms with Crippen LogP contribution in [-0.4, -0.2) is 37.0 Å². The molecule has 0 atom stereocenters. The molecule has 0 fully saturated rings. The van der Waals surface area contributed by atoms with E-state index in [2.05, 4.69) is 29.9 Å². The maximum absolute atomic E-state index is 13.1. The van der Waals surface area contributed by atoms with Crippen LogP contribution in [0.4, 0.5) is 13.2 Å². The number of aromatic amines is 2. The molecule has 2 N–H and O–H groups in total. The third-order valence-corrected chi connectivity index (χ3v) is 5.70. The van der Waals surface area contributed by atoms with E-state index >= 15 is 0 Å². The lowest BCUT2D eigenvalue weighted by molar-refractivity contribution is -0.141. The number of H-pyrrole nitrogens is 2. The first-order valence-electron chi connectivity index (χ1n) is 10.4. The van der Waals surface area contributed by atoms with Crippen molar-refractivity contribution in [3.63, 3.8) is 0 Å². The van der Waals surface area contributed by atoms with Crippen molar-refractivity contribution >= 4 is 33.5 Å². The van der Waals surface area contributed by atoms with Gasteiger partial charge >= 0.3 is 6.18 Å². The summed E-state index contributed by atoms with van der Waals surface area (Å²) in [5.41, 5.74) is 1.54. The first kappa shape index (κ1) is 22.8. The lowest BCUT2D eigenvalue weighted by atomic mass is 10.0. The molecule has 0 aliphatic carbocycles. The predicted molar refractivity (Wildman–Crippen MR) is 124 cm³/mol. The van der Waals surface area contributed by atoms with Crippen LogP contribution >= 0.6 is 11.6 Å². The Morgan fingerprint density at radius 3 is 2.57 bits per heavy atom. The third-order valence-electron chi connectivity index (χ3n) is 5.50. The van der Waals surface area contributed by atoms with Gasteiger partial charge in [-0.15, -0.1) is 0 Å². The lowest BCUT2D eigenvalue weighted by Crippen LogP contribution is -2.10. The molecular formula is C23H16ClF3N6O2. The first-order chi connectivity index (χ1) is 16.7. The van der Waals surface area contributed by atoms with Crippen LogP contribution in [0.15, 0.2) is 41.5 Å². The van der Waals surface area contributed by atoms with Gasteiger partial charge in [0.15, 0.2) is 0 Å². The van der Waals surface area contributed by atoms with Crippen molar-refractivity contribution in [2.75, 3.05) is 7.11 Å². The number of methoxy groups -OCH3 is 1. The van der Waals surface area contributed by atoms with E-state index < -0.39 is 17.4 Å². The number of nitrogens with one attached hydrogen (secondary N) is 2. The average molecular weight is 501 g/mol. The minimum Gasteiger partial charge on any atom is -0.496 e. The molecule has 5 heterocycles. The monoisotopic (exact) mass is 500 g/mol. The van der Waals surface area contributed by atoms with Crippen molar-refractivity contribution in [2.24, 2.45) is 0 Å². The predicted octanol–water partition coefficient (Wildman–Crippen LogP) is 5.17. The third kappa shape index (κ3) is 3.97. The van der Waals surface area contributed by atoms with Gasteiger partial charge in [-0.3, -0.25) is 14.8 Å². The number of halogens is 4. The van der Waals surface area contributed by atoms with Crippen molar-refractivity contribution < 1.29 is 17.9 Å². The van der Waals surface area contributed by atoms with Crippen LogP contribution < -0.4 is 10.3 Å². The maximum atomic E-state index is 13.1. The highest BCUT2D eigenvalue weighted by atomic mass is 35.5. The van der Waals surface area contributed by atoms with Gasteiger partial charge in [0, 0.05) is 29.9 Å². The van der Waals surface area contributed by atoms with Crippen LogP contribution in [0.5, 0.6) is 5.75 Å². The molecule has 0 aliphatic heterocycles. The molecule has 0 amide bonds. The Bertz CT molecular complexity index is 1660. The highest BCUT2D eigenvalue weighted by molar-refractivity contribution is 6.30. The van der Waals surface area contributed by atoms with Crippen LogP contribution in [0, 0.1) is 0 Å². The molecule has 0 aliphatic rings. The molecule has 0 saturated heterocycles. The summed E-state index contributed by atoms with van der Waals surface area (Å²) >= 11 is 6.10. The summed E-state index contributed by atoms with van der Waals surface area (Å²) in [4.78, 5) is 35.5. The molecule has 12 heteroatoms. The summed E-state index contributed by atoms with van der Waals surface area (Å²) in [5, 5.41) is 0.764. The Kier molecular flexibility index (Phi) is 5.43. The molecule has 35 heavy (non-hydrogen) atoms. The quantitative estimate of drug-likeness (QED) is 0.330. The van der Waals surface area contributed by atoms with Crippen molar-refractivity contribution in [2.45, 2.75) is 19.5 Å². The molecule has 0 unspecified atom stereocenters. The molecule has 5 rings (SSSR count). The van der Waals surface area contributed by atoms with Gasteiger partial charge in [-0.1, -0.05) is 18.5 Å². The molecule has 0 aromatic carbocycles. The summed E-state index contributed by atoms with van der Waals surface area (Å²) in [6.45, 7) is 1.92. The van der Waals surface area contributed by atoms with E-state index in [9.17, 15) is 18.0 Å². The number of aryl methyl sites for hydroxylation is 1. The minimum atomic E-state index is -4.63. The van der Waals surface area contributed by atoms with E-state index in [1.54, 1.807) is 18.2 Å². The molecular weight excluding hydrogens is 485 g/mol. The van der Waals surface area contributed by atoms with E-state index in [0.717, 1.165) is 12.3 Å². The molecule has 5 aromatic heterocycles. The Hall–Kier alpha value is -3.99. The molecule has 0 saturated carbocycles. The second-order valence-corrected chi connectivity index (χ2v) is 8.01. The number of alkyl halides is 3. The lowest BCUT2D eigenvalue weighted by Gasteiger charge is -2.13. The van der Waals surface area contributed by atoms with Crippen molar-refractivity contribution in [3.8, 4) is 28.4 Å². The second-order valence-electron chi connectivity index (χ2n) is 7.63. The van der Waals surface area contributed by atoms with E-state index in [1.807, 2.05) is 6.92 Å². The zero-order valence-corrected chi connectivity index (χ0v) is 19.0. The van der Waals surface area contributed by atoms with Gasteiger partial charge in [-0.05, 0) is 18.6 Å². The number of imidazole rings is 1. The smallest absolute Gasteiger partial charge is 0.433 e. The van der Waals surface area contributed by atoms with Gasteiger partial charge in [0.2, 0.25) is 0 Å². The number of aromatic nitrogens is 6. The van der Waals surface area contributed by atoms with Gasteiger partial charge in [-0.25, -0.2) is 9.97 Å². The number of hydrogen-bond acceptors (Lipinski definition) is 6. The first-order valence-corrected chi connectivity index (χ1v) is 10.8. The highest BCUT2D eigenvalue weighted by Crippen LogP contribution is 2.37. The largest absolute Gasteiger partial charge is 0.496 e. The summed E-state index contributed by atoms with van der Waals surface area (Å²) in [7, 11) is 1.26. The molecule has 178 valence electrons. The molecule has 0 bridgehead atoms. The summed E-state index contributed by atoms with van der Waals surface area (Å²) in [6, 6.07) is 5.59. The summed E-state index contributed by atoms with van der Waals surface area (Å²) in [6.07, 6.45) is -1.56. The average Bonchev–Trinajstić information content (AvgIpc) is 3.25. The van der Waals surface area contributed by atoms with Crippen LogP contribution in [0.2, 0.25) is 5.15 Å². The standard InChI is InChI=1S/C23H16ClF3N6O2/c1-3-13-20-15(7-18(24)30-13)31-21(33-20)11-6-10-14(32-22(11)34)4-5-28-19(10)12-9-29-17(23(25,26)27)8-16(12)35-2/h4-9H,3H2,1-2H3,(H,31,33)(H,32,34). The number of rotatable bonds is 4. The van der Waals surface area contributed by atoms with E-state index in [0.29, 0.717) is 39.2 Å². The number of hydrogen-bond donors (Lipinski definition) is 2. The molecule has 5 aromatic rings. The summed E-state index contributed by atoms with van der Waals surface area (Å²) in [5.74, 6) is 0.228. The van der Waals surface area contributed by atoms with Crippen molar-refractivity contribution in [1.29, 1.82) is 0 Å². The van der Waals surface area contributed by atoms with Gasteiger partial charge in [0.25, 0.3) is 5.56 Å². The van der Waals surface area contributed by atoms with E-state index in [1.165, 1.54) is 13.3 Å². The van der Waals surface area contributed by atoms with Gasteiger partial charge in [-0.2, -0.15) is 13.2 Å². The van der Waals surface area contributed by atoms with Gasteiger partial charge in [0.1, 0.15) is 27.9 Å². The summed E-state index contributed by atoms with van der Waals surface area (Å²) < 4.78 is 44.6. The zero-order chi connectivity index (χ0) is 24.9. The Morgan fingerprint density at radius 2 is 1.86 bits per heavy atom. The van der Waals surface area contributed by atoms with Crippen LogP contribution in [0.3, 0.4) is 0 Å². The molecule has 8 nitrogen and oxygen atoms in total. The maximum Gasteiger partial charge on any atom is 0.433 e. The number of fused-ring (bicyclic) bond motifs is 2.